The first kappa shape index (κ1) is 44.8. The number of pyridine rings is 1. The molecule has 2 heterocycles. The zero-order valence-corrected chi connectivity index (χ0v) is 43.0. The Labute approximate surface area is 456 Å². The highest BCUT2D eigenvalue weighted by Gasteiger charge is 2.24. The normalized spacial score (nSPS) is 11.8. The Morgan fingerprint density at radius 2 is 0.608 bits per heavy atom. The number of nitrogens with zero attached hydrogens (tertiary/aromatic N) is 3. The largest absolute Gasteiger partial charge is 0.292 e. The molecule has 0 amide bonds. The van der Waals surface area contributed by atoms with Gasteiger partial charge in [0.1, 0.15) is 5.82 Å². The first-order valence-corrected chi connectivity index (χ1v) is 27.1. The van der Waals surface area contributed by atoms with Crippen molar-refractivity contribution >= 4 is 86.3 Å². The third kappa shape index (κ3) is 7.21. The molecule has 0 unspecified atom stereocenters. The van der Waals surface area contributed by atoms with Crippen LogP contribution in [-0.4, -0.2) is 14.5 Å². The van der Waals surface area contributed by atoms with E-state index < -0.39 is 0 Å². The Balaban J connectivity index is 0.939. The molecular formula is C76H47N3. The highest BCUT2D eigenvalue weighted by Crippen LogP contribution is 2.46. The topological polar surface area (TPSA) is 30.7 Å². The number of rotatable bonds is 7. The molecule has 0 aliphatic rings. The van der Waals surface area contributed by atoms with Gasteiger partial charge in [-0.25, -0.2) is 9.97 Å². The fourth-order valence-corrected chi connectivity index (χ4v) is 12.7. The maximum absolute atomic E-state index is 5.73. The van der Waals surface area contributed by atoms with Crippen LogP contribution in [0.15, 0.2) is 285 Å². The van der Waals surface area contributed by atoms with Crippen molar-refractivity contribution in [2.24, 2.45) is 0 Å². The summed E-state index contributed by atoms with van der Waals surface area (Å²) in [5.74, 6) is 0.879. The number of benzene rings is 14. The fraction of sp³-hybridized carbons (Fsp3) is 0. The van der Waals surface area contributed by atoms with Gasteiger partial charge in [-0.2, -0.15) is 0 Å². The maximum Gasteiger partial charge on any atom is 0.145 e. The van der Waals surface area contributed by atoms with Crippen LogP contribution < -0.4 is 0 Å². The van der Waals surface area contributed by atoms with Crippen molar-refractivity contribution in [1.29, 1.82) is 0 Å². The number of hydrogen-bond donors (Lipinski definition) is 0. The lowest BCUT2D eigenvalue weighted by Gasteiger charge is -2.18. The van der Waals surface area contributed by atoms with Crippen molar-refractivity contribution in [3.05, 3.63) is 285 Å². The van der Waals surface area contributed by atoms with E-state index in [1.165, 1.54) is 75.8 Å². The lowest BCUT2D eigenvalue weighted by molar-refractivity contribution is 1.07. The van der Waals surface area contributed by atoms with E-state index in [0.717, 1.165) is 83.6 Å². The number of aromatic nitrogens is 3. The van der Waals surface area contributed by atoms with Crippen LogP contribution in [0.2, 0.25) is 0 Å². The van der Waals surface area contributed by atoms with Crippen molar-refractivity contribution < 1.29 is 0 Å². The number of fused-ring (bicyclic) bond motifs is 15. The lowest BCUT2D eigenvalue weighted by Crippen LogP contribution is -2.00. The van der Waals surface area contributed by atoms with E-state index in [2.05, 4.69) is 290 Å². The van der Waals surface area contributed by atoms with E-state index in [9.17, 15) is 0 Å². The molecule has 79 heavy (non-hydrogen) atoms. The highest BCUT2D eigenvalue weighted by molar-refractivity contribution is 6.28. The molecule has 0 radical (unpaired) electrons. The molecule has 14 aromatic carbocycles. The summed E-state index contributed by atoms with van der Waals surface area (Å²) < 4.78 is 2.33. The molecule has 0 spiro atoms. The Bertz CT molecular complexity index is 5030. The minimum absolute atomic E-state index is 0.879. The molecule has 0 N–H and O–H groups in total. The van der Waals surface area contributed by atoms with Gasteiger partial charge in [0.2, 0.25) is 0 Å². The summed E-state index contributed by atoms with van der Waals surface area (Å²) >= 11 is 0. The molecule has 0 aliphatic carbocycles. The molecule has 0 bridgehead atoms. The first-order chi connectivity index (χ1) is 39.2. The molecular weight excluding hydrogens is 955 g/mol. The average Bonchev–Trinajstić information content (AvgIpc) is 4.08. The van der Waals surface area contributed by atoms with Crippen LogP contribution in [0.3, 0.4) is 0 Å². The summed E-state index contributed by atoms with van der Waals surface area (Å²) in [6.07, 6.45) is 0. The molecule has 3 nitrogen and oxygen atoms in total. The minimum atomic E-state index is 0.879. The Morgan fingerprint density at radius 3 is 1.10 bits per heavy atom. The minimum Gasteiger partial charge on any atom is -0.292 e. The van der Waals surface area contributed by atoms with E-state index in [0.29, 0.717) is 0 Å². The van der Waals surface area contributed by atoms with Gasteiger partial charge in [-0.3, -0.25) is 4.57 Å². The van der Waals surface area contributed by atoms with E-state index >= 15 is 0 Å². The highest BCUT2D eigenvalue weighted by atomic mass is 15.1. The van der Waals surface area contributed by atoms with Crippen LogP contribution >= 0.6 is 0 Å². The van der Waals surface area contributed by atoms with Crippen LogP contribution in [0, 0.1) is 0 Å². The van der Waals surface area contributed by atoms with E-state index in [4.69, 9.17) is 9.97 Å². The smallest absolute Gasteiger partial charge is 0.145 e. The van der Waals surface area contributed by atoms with Gasteiger partial charge in [0.25, 0.3) is 0 Å². The Morgan fingerprint density at radius 1 is 0.228 bits per heavy atom. The van der Waals surface area contributed by atoms with Crippen LogP contribution in [-0.2, 0) is 0 Å². The Hall–Kier alpha value is -10.5. The van der Waals surface area contributed by atoms with Crippen LogP contribution in [0.1, 0.15) is 0 Å². The molecule has 3 heteroatoms. The van der Waals surface area contributed by atoms with Crippen molar-refractivity contribution in [2.75, 3.05) is 0 Å². The fourth-order valence-electron chi connectivity index (χ4n) is 12.7. The van der Waals surface area contributed by atoms with Crippen molar-refractivity contribution in [3.63, 3.8) is 0 Å². The van der Waals surface area contributed by atoms with E-state index in [1.807, 2.05) is 0 Å². The Kier molecular flexibility index (Phi) is 10.3. The monoisotopic (exact) mass is 1000 g/mol. The molecule has 0 aliphatic heterocycles. The third-order valence-electron chi connectivity index (χ3n) is 16.4. The van der Waals surface area contributed by atoms with Crippen molar-refractivity contribution in [3.8, 4) is 73.1 Å². The van der Waals surface area contributed by atoms with Gasteiger partial charge >= 0.3 is 0 Å². The van der Waals surface area contributed by atoms with Gasteiger partial charge in [-0.15, -0.1) is 0 Å². The third-order valence-corrected chi connectivity index (χ3v) is 16.4. The second-order valence-corrected chi connectivity index (χ2v) is 20.7. The lowest BCUT2D eigenvalue weighted by atomic mass is 9.88. The van der Waals surface area contributed by atoms with Gasteiger partial charge in [-0.05, 0) is 129 Å². The predicted molar refractivity (Wildman–Crippen MR) is 334 cm³/mol. The van der Waals surface area contributed by atoms with Crippen LogP contribution in [0.25, 0.3) is 159 Å². The molecule has 16 rings (SSSR count). The van der Waals surface area contributed by atoms with Gasteiger partial charge in [0.05, 0.1) is 22.6 Å². The molecule has 16 aromatic rings. The maximum atomic E-state index is 5.73. The van der Waals surface area contributed by atoms with Gasteiger partial charge in [-0.1, -0.05) is 249 Å². The summed E-state index contributed by atoms with van der Waals surface area (Å²) in [6.45, 7) is 0. The summed E-state index contributed by atoms with van der Waals surface area (Å²) in [5.41, 5.74) is 13.7. The zero-order chi connectivity index (χ0) is 52.0. The average molecular weight is 1000 g/mol. The molecule has 0 saturated heterocycles. The number of hydrogen-bond acceptors (Lipinski definition) is 2. The second kappa shape index (κ2) is 18.1. The molecule has 2 aromatic heterocycles. The molecule has 0 fully saturated rings. The van der Waals surface area contributed by atoms with Gasteiger partial charge in [0.15, 0.2) is 0 Å². The zero-order valence-electron chi connectivity index (χ0n) is 43.0. The summed E-state index contributed by atoms with van der Waals surface area (Å²) in [6, 6.07) is 104. The summed E-state index contributed by atoms with van der Waals surface area (Å²) in [5, 5.41) is 18.5. The van der Waals surface area contributed by atoms with Gasteiger partial charge in [0, 0.05) is 38.7 Å². The molecule has 0 saturated carbocycles. The quantitative estimate of drug-likeness (QED) is 0.149. The number of imidazole rings is 1. The standard InChI is InChI=1S/C76H47N3/c1-4-20-49(21-5-1)73-75(50-22-6-2-7-23-50)79(76(78-73)51-24-8-3-9-25-51)54-40-36-48(37-41-54)72-47-68(53-39-43-65-60-31-13-11-27-56(60)58-29-15-17-33-62(58)70(65)45-53)71-46-67(63-34-18-19-35-66(63)74(71)77-72)52-38-42-64-59-30-12-10-26-55(59)57-28-14-16-32-61(57)69(64)44-52/h1-47H. The van der Waals surface area contributed by atoms with Crippen molar-refractivity contribution in [2.45, 2.75) is 0 Å². The SMILES string of the molecule is c1ccc(-c2nc(-c3ccccc3)n(-c3ccc(-c4cc(-c5ccc6c7ccccc7c7ccccc7c6c5)c5cc(-c6ccc7c8ccccc8c8ccccc8c7c6)c6ccccc6c5n4)cc3)c2-c2ccccc2)cc1. The van der Waals surface area contributed by atoms with Crippen LogP contribution in [0.4, 0.5) is 0 Å². The second-order valence-electron chi connectivity index (χ2n) is 20.7. The molecule has 366 valence electrons. The van der Waals surface area contributed by atoms with E-state index in [1.54, 1.807) is 0 Å². The van der Waals surface area contributed by atoms with Crippen molar-refractivity contribution in [1.82, 2.24) is 14.5 Å². The predicted octanol–water partition coefficient (Wildman–Crippen LogP) is 20.5. The van der Waals surface area contributed by atoms with E-state index in [-0.39, 0.29) is 0 Å². The summed E-state index contributed by atoms with van der Waals surface area (Å²) in [4.78, 5) is 11.2. The van der Waals surface area contributed by atoms with Crippen LogP contribution in [0.5, 0.6) is 0 Å². The summed E-state index contributed by atoms with van der Waals surface area (Å²) in [7, 11) is 0. The van der Waals surface area contributed by atoms with Gasteiger partial charge < -0.3 is 0 Å². The molecule has 0 atom stereocenters. The first-order valence-electron chi connectivity index (χ1n) is 27.1.